The number of ether oxygens (including phenoxy) is 3. The second kappa shape index (κ2) is 10.0. The molecule has 0 amide bonds. The van der Waals surface area contributed by atoms with Crippen LogP contribution >= 0.6 is 11.3 Å². The molecule has 0 saturated carbocycles. The van der Waals surface area contributed by atoms with Crippen molar-refractivity contribution in [1.82, 2.24) is 9.66 Å². The largest absolute Gasteiger partial charge is 0.493 e. The first-order valence-electron chi connectivity index (χ1n) is 10.0. The van der Waals surface area contributed by atoms with Crippen LogP contribution in [0.1, 0.15) is 5.69 Å². The predicted molar refractivity (Wildman–Crippen MR) is 130 cm³/mol. The Bertz CT molecular complexity index is 1380. The van der Waals surface area contributed by atoms with Gasteiger partial charge in [0.15, 0.2) is 11.5 Å². The lowest BCUT2D eigenvalue weighted by atomic mass is 10.1. The number of methoxy groups -OCH3 is 3. The van der Waals surface area contributed by atoms with E-state index >= 15 is 0 Å². The third-order valence-electron chi connectivity index (χ3n) is 4.87. The van der Waals surface area contributed by atoms with E-state index in [2.05, 4.69) is 15.1 Å². The number of aromatic nitrogens is 2. The highest BCUT2D eigenvalue weighted by Gasteiger charge is 2.18. The lowest BCUT2D eigenvalue weighted by Gasteiger charge is -2.14. The summed E-state index contributed by atoms with van der Waals surface area (Å²) < 4.78 is 18.0. The third kappa shape index (κ3) is 4.55. The van der Waals surface area contributed by atoms with Crippen LogP contribution in [0.2, 0.25) is 0 Å². The molecule has 34 heavy (non-hydrogen) atoms. The molecule has 10 nitrogen and oxygen atoms in total. The van der Waals surface area contributed by atoms with E-state index < -0.39 is 4.92 Å². The predicted octanol–water partition coefficient (Wildman–Crippen LogP) is 4.59. The second-order valence-corrected chi connectivity index (χ2v) is 7.69. The summed E-state index contributed by atoms with van der Waals surface area (Å²) in [5, 5.41) is 17.9. The minimum atomic E-state index is -0.459. The summed E-state index contributed by atoms with van der Waals surface area (Å²) in [5.74, 6) is 1.44. The Morgan fingerprint density at radius 1 is 1.06 bits per heavy atom. The summed E-state index contributed by atoms with van der Waals surface area (Å²) in [5.41, 5.74) is 2.34. The van der Waals surface area contributed by atoms with Crippen molar-refractivity contribution in [3.05, 3.63) is 80.7 Å². The molecule has 4 rings (SSSR count). The third-order valence-corrected chi connectivity index (χ3v) is 5.69. The minimum Gasteiger partial charge on any atom is -0.493 e. The molecule has 0 spiro atoms. The fourth-order valence-electron chi connectivity index (χ4n) is 3.28. The first-order chi connectivity index (χ1) is 16.5. The molecule has 0 unspecified atom stereocenters. The van der Waals surface area contributed by atoms with Gasteiger partial charge in [-0.3, -0.25) is 10.1 Å². The molecule has 11 heteroatoms. The van der Waals surface area contributed by atoms with Crippen LogP contribution in [-0.4, -0.2) is 42.1 Å². The molecule has 2 aromatic carbocycles. The number of nitrogens with one attached hydrogen (secondary N) is 1. The summed E-state index contributed by atoms with van der Waals surface area (Å²) >= 11 is 1.30. The van der Waals surface area contributed by atoms with E-state index in [1.54, 1.807) is 61.6 Å². The summed E-state index contributed by atoms with van der Waals surface area (Å²) in [6, 6.07) is 13.6. The Hall–Kier alpha value is -4.38. The van der Waals surface area contributed by atoms with Crippen LogP contribution in [0.15, 0.2) is 70.2 Å². The van der Waals surface area contributed by atoms with Crippen molar-refractivity contribution in [1.29, 1.82) is 0 Å². The van der Waals surface area contributed by atoms with E-state index in [1.165, 1.54) is 24.5 Å². The van der Waals surface area contributed by atoms with Gasteiger partial charge >= 0.3 is 0 Å². The second-order valence-electron chi connectivity index (χ2n) is 6.86. The zero-order valence-corrected chi connectivity index (χ0v) is 19.4. The number of hydrogen-bond donors (Lipinski definition) is 1. The molecule has 2 heterocycles. The van der Waals surface area contributed by atoms with Crippen LogP contribution in [-0.2, 0) is 0 Å². The quantitative estimate of drug-likeness (QED) is 0.225. The molecule has 174 valence electrons. The average molecular weight is 480 g/mol. The number of para-hydroxylation sites is 2. The Balaban J connectivity index is 1.94. The van der Waals surface area contributed by atoms with Crippen molar-refractivity contribution in [3.8, 4) is 28.5 Å². The molecule has 0 aliphatic heterocycles. The van der Waals surface area contributed by atoms with Gasteiger partial charge in [0.05, 0.1) is 43.9 Å². The summed E-state index contributed by atoms with van der Waals surface area (Å²) in [6.45, 7) is 0. The number of thiazole rings is 1. The maximum absolute atomic E-state index is 11.5. The summed E-state index contributed by atoms with van der Waals surface area (Å²) in [7, 11) is 4.62. The number of nitro benzene ring substituents is 1. The van der Waals surface area contributed by atoms with Gasteiger partial charge in [0.25, 0.3) is 5.69 Å². The Kier molecular flexibility index (Phi) is 6.74. The maximum Gasteiger partial charge on any atom is 0.294 e. The van der Waals surface area contributed by atoms with Crippen LogP contribution in [0.5, 0.6) is 17.2 Å². The van der Waals surface area contributed by atoms with E-state index in [-0.39, 0.29) is 11.4 Å². The van der Waals surface area contributed by atoms with Gasteiger partial charge in [0.1, 0.15) is 5.69 Å². The molecular formula is C23H21N5O5S. The fraction of sp³-hybridized carbons (Fsp3) is 0.130. The molecule has 0 fully saturated rings. The monoisotopic (exact) mass is 479 g/mol. The van der Waals surface area contributed by atoms with Gasteiger partial charge in [0.2, 0.25) is 10.6 Å². The van der Waals surface area contributed by atoms with Gasteiger partial charge in [-0.2, -0.15) is 5.10 Å². The Labute approximate surface area is 198 Å². The molecule has 0 aliphatic carbocycles. The Morgan fingerprint density at radius 3 is 2.41 bits per heavy atom. The number of benzene rings is 2. The molecule has 4 aromatic rings. The first-order valence-corrected chi connectivity index (χ1v) is 10.9. The number of rotatable bonds is 8. The fourth-order valence-corrected chi connectivity index (χ4v) is 4.13. The van der Waals surface area contributed by atoms with E-state index in [4.69, 9.17) is 14.2 Å². The standard InChI is InChI=1S/C23H21N5O5S/c1-31-20-11-15(12-21(32-2)22(20)33-3)19-14-34-23(27(19)25-13-16-7-6-10-24-16)26-17-8-4-5-9-18(17)28(29)30/h4-14,24H,1-3H3. The molecular weight excluding hydrogens is 458 g/mol. The van der Waals surface area contributed by atoms with Crippen molar-refractivity contribution in [3.63, 3.8) is 0 Å². The number of hydrogen-bond acceptors (Lipinski definition) is 8. The first kappa shape index (κ1) is 22.8. The normalized spacial score (nSPS) is 11.7. The van der Waals surface area contributed by atoms with Crippen molar-refractivity contribution < 1.29 is 19.1 Å². The number of H-pyrrole nitrogens is 1. The lowest BCUT2D eigenvalue weighted by Crippen LogP contribution is -2.12. The van der Waals surface area contributed by atoms with Gasteiger partial charge in [-0.15, -0.1) is 11.3 Å². The highest BCUT2D eigenvalue weighted by Crippen LogP contribution is 2.41. The smallest absolute Gasteiger partial charge is 0.294 e. The SMILES string of the molecule is COc1cc(-c2csc(=Nc3ccccc3[N+](=O)[O-])n2N=Cc2ccc[nH]2)cc(OC)c1OC. The van der Waals surface area contributed by atoms with E-state index in [9.17, 15) is 10.1 Å². The lowest BCUT2D eigenvalue weighted by molar-refractivity contribution is -0.384. The van der Waals surface area contributed by atoms with Crippen LogP contribution in [0.25, 0.3) is 11.3 Å². The highest BCUT2D eigenvalue weighted by atomic mass is 32.1. The van der Waals surface area contributed by atoms with Crippen LogP contribution in [0, 0.1) is 10.1 Å². The van der Waals surface area contributed by atoms with E-state index in [0.717, 1.165) is 11.3 Å². The molecule has 2 aromatic heterocycles. The van der Waals surface area contributed by atoms with Crippen LogP contribution in [0.4, 0.5) is 11.4 Å². The summed E-state index contributed by atoms with van der Waals surface area (Å²) in [4.78, 5) is 19.1. The molecule has 0 bridgehead atoms. The molecule has 0 atom stereocenters. The van der Waals surface area contributed by atoms with Gasteiger partial charge in [0, 0.05) is 23.2 Å². The summed E-state index contributed by atoms with van der Waals surface area (Å²) in [6.07, 6.45) is 3.44. The molecule has 0 saturated heterocycles. The van der Waals surface area contributed by atoms with E-state index in [0.29, 0.717) is 27.7 Å². The number of nitro groups is 1. The average Bonchev–Trinajstić information content (AvgIpc) is 3.52. The molecule has 0 radical (unpaired) electrons. The van der Waals surface area contributed by atoms with Crippen LogP contribution < -0.4 is 19.0 Å². The van der Waals surface area contributed by atoms with Crippen molar-refractivity contribution in [2.45, 2.75) is 0 Å². The molecule has 0 aliphatic rings. The van der Waals surface area contributed by atoms with Crippen molar-refractivity contribution in [2.75, 3.05) is 21.3 Å². The zero-order chi connectivity index (χ0) is 24.1. The maximum atomic E-state index is 11.5. The van der Waals surface area contributed by atoms with Crippen molar-refractivity contribution >= 4 is 28.9 Å². The number of aromatic amines is 1. The van der Waals surface area contributed by atoms with Gasteiger partial charge in [-0.1, -0.05) is 12.1 Å². The zero-order valence-electron chi connectivity index (χ0n) is 18.6. The highest BCUT2D eigenvalue weighted by molar-refractivity contribution is 7.07. The Morgan fingerprint density at radius 2 is 1.79 bits per heavy atom. The minimum absolute atomic E-state index is 0.0925. The van der Waals surface area contributed by atoms with Crippen molar-refractivity contribution in [2.24, 2.45) is 10.1 Å². The number of nitrogens with zero attached hydrogens (tertiary/aromatic N) is 4. The van der Waals surface area contributed by atoms with Gasteiger partial charge in [-0.25, -0.2) is 9.67 Å². The van der Waals surface area contributed by atoms with Gasteiger partial charge in [-0.05, 0) is 30.3 Å². The topological polar surface area (TPSA) is 116 Å². The van der Waals surface area contributed by atoms with E-state index in [1.807, 2.05) is 17.5 Å². The van der Waals surface area contributed by atoms with Crippen LogP contribution in [0.3, 0.4) is 0 Å². The molecule has 1 N–H and O–H groups in total. The van der Waals surface area contributed by atoms with Gasteiger partial charge < -0.3 is 19.2 Å².